The minimum Gasteiger partial charge on any atom is -0.493 e. The van der Waals surface area contributed by atoms with E-state index in [1.165, 1.54) is 22.3 Å². The highest BCUT2D eigenvalue weighted by molar-refractivity contribution is 5.64. The van der Waals surface area contributed by atoms with Crippen molar-refractivity contribution in [3.8, 4) is 40.2 Å². The number of hydrogen-bond donors (Lipinski definition) is 1. The molecule has 8 rings (SSSR count). The number of anilines is 1. The first-order valence-electron chi connectivity index (χ1n) is 15.6. The Morgan fingerprint density at radius 2 is 1.36 bits per heavy atom. The predicted molar refractivity (Wildman–Crippen MR) is 176 cm³/mol. The number of benzene rings is 4. The van der Waals surface area contributed by atoms with Crippen molar-refractivity contribution in [2.45, 2.75) is 37.8 Å². The van der Waals surface area contributed by atoms with Crippen molar-refractivity contribution in [1.82, 2.24) is 9.80 Å². The van der Waals surface area contributed by atoms with Crippen molar-refractivity contribution in [3.05, 3.63) is 94.0 Å². The quantitative estimate of drug-likeness (QED) is 0.257. The van der Waals surface area contributed by atoms with Crippen LogP contribution >= 0.6 is 0 Å². The van der Waals surface area contributed by atoms with Gasteiger partial charge in [-0.1, -0.05) is 18.2 Å². The minimum atomic E-state index is 0.000650. The van der Waals surface area contributed by atoms with Crippen LogP contribution in [0.1, 0.15) is 45.5 Å². The van der Waals surface area contributed by atoms with E-state index in [0.29, 0.717) is 40.2 Å². The van der Waals surface area contributed by atoms with Crippen LogP contribution in [0.25, 0.3) is 0 Å². The third kappa shape index (κ3) is 5.32. The van der Waals surface area contributed by atoms with E-state index in [-0.39, 0.29) is 12.1 Å². The number of nitrogens with zero attached hydrogens (tertiary/aromatic N) is 2. The number of fused-ring (bicyclic) bond motifs is 2. The lowest BCUT2D eigenvalue weighted by Crippen LogP contribution is -2.34. The number of hydrogen-bond acceptors (Lipinski definition) is 8. The molecule has 0 spiro atoms. The van der Waals surface area contributed by atoms with Gasteiger partial charge in [-0.15, -0.1) is 0 Å². The molecule has 4 heterocycles. The molecule has 0 aromatic heterocycles. The van der Waals surface area contributed by atoms with Crippen LogP contribution in [0.5, 0.6) is 40.2 Å². The monoisotopic (exact) mass is 607 g/mol. The van der Waals surface area contributed by atoms with Gasteiger partial charge in [0, 0.05) is 30.7 Å². The van der Waals surface area contributed by atoms with E-state index in [1.54, 1.807) is 21.3 Å². The van der Waals surface area contributed by atoms with Gasteiger partial charge >= 0.3 is 0 Å². The van der Waals surface area contributed by atoms with Gasteiger partial charge in [-0.3, -0.25) is 9.80 Å². The Bertz CT molecular complexity index is 1740. The van der Waals surface area contributed by atoms with Crippen LogP contribution in [0.2, 0.25) is 0 Å². The number of nitrogens with two attached hydrogens (primary N) is 1. The number of methoxy groups -OCH3 is 3. The molecule has 0 unspecified atom stereocenters. The topological polar surface area (TPSA) is 78.6 Å². The highest BCUT2D eigenvalue weighted by Gasteiger charge is 2.34. The van der Waals surface area contributed by atoms with Crippen LogP contribution in [-0.2, 0) is 25.7 Å². The summed E-state index contributed by atoms with van der Waals surface area (Å²) < 4.78 is 31.2. The molecule has 0 amide bonds. The lowest BCUT2D eigenvalue weighted by Gasteiger charge is -2.37. The fraction of sp³-hybridized carbons (Fsp3) is 0.351. The highest BCUT2D eigenvalue weighted by Crippen LogP contribution is 2.51. The van der Waals surface area contributed by atoms with Gasteiger partial charge in [-0.25, -0.2) is 0 Å². The second-order valence-electron chi connectivity index (χ2n) is 12.3. The Morgan fingerprint density at radius 1 is 0.689 bits per heavy atom. The van der Waals surface area contributed by atoms with Crippen LogP contribution < -0.4 is 29.4 Å². The Labute approximate surface area is 265 Å². The molecule has 4 aliphatic rings. The second-order valence-corrected chi connectivity index (χ2v) is 12.3. The molecule has 2 N–H and O–H groups in total. The van der Waals surface area contributed by atoms with E-state index in [0.717, 1.165) is 55.6 Å². The molecular weight excluding hydrogens is 566 g/mol. The van der Waals surface area contributed by atoms with Gasteiger partial charge in [-0.05, 0) is 110 Å². The van der Waals surface area contributed by atoms with E-state index >= 15 is 0 Å². The van der Waals surface area contributed by atoms with Gasteiger partial charge < -0.3 is 29.4 Å². The minimum absolute atomic E-state index is 0.000650. The highest BCUT2D eigenvalue weighted by atomic mass is 16.5. The van der Waals surface area contributed by atoms with Crippen molar-refractivity contribution < 1.29 is 23.7 Å². The molecule has 0 saturated carbocycles. The largest absolute Gasteiger partial charge is 0.493 e. The summed E-state index contributed by atoms with van der Waals surface area (Å²) in [5, 5.41) is 0. The molecule has 2 atom stereocenters. The Hall–Kier alpha value is -4.40. The standard InChI is InChI=1S/C37H41N3O5/c1-39-14-12-24-19-32(41-3)33-21-27(24)29(39)16-22-6-9-26(10-7-22)44-31-18-23(8-11-28(31)38)17-30-35-25(13-15-40(30)2)20-34(42-4)36(43-5)37(35)45-33/h6-11,18-21,29-30H,12-17,38H2,1-5H3/t29-,30+/m0/s1. The van der Waals surface area contributed by atoms with Gasteiger partial charge in [-0.2, -0.15) is 0 Å². The second kappa shape index (κ2) is 11.8. The average molecular weight is 608 g/mol. The molecule has 4 aromatic rings. The third-order valence-corrected chi connectivity index (χ3v) is 9.70. The maximum atomic E-state index is 7.01. The van der Waals surface area contributed by atoms with Crippen molar-refractivity contribution in [1.29, 1.82) is 0 Å². The molecular formula is C37H41N3O5. The first-order chi connectivity index (χ1) is 21.9. The van der Waals surface area contributed by atoms with Crippen LogP contribution in [0.4, 0.5) is 5.69 Å². The fourth-order valence-corrected chi connectivity index (χ4v) is 7.14. The van der Waals surface area contributed by atoms with Crippen LogP contribution in [0, 0.1) is 0 Å². The third-order valence-electron chi connectivity index (χ3n) is 9.70. The Balaban J connectivity index is 1.47. The number of ether oxygens (including phenoxy) is 5. The van der Waals surface area contributed by atoms with Gasteiger partial charge in [0.15, 0.2) is 28.7 Å². The van der Waals surface area contributed by atoms with E-state index < -0.39 is 0 Å². The molecule has 0 saturated heterocycles. The fourth-order valence-electron chi connectivity index (χ4n) is 7.14. The van der Waals surface area contributed by atoms with E-state index in [1.807, 2.05) is 18.2 Å². The normalized spacial score (nSPS) is 19.4. The summed E-state index contributed by atoms with van der Waals surface area (Å²) in [6, 6.07) is 21.0. The zero-order valence-electron chi connectivity index (χ0n) is 26.7. The van der Waals surface area contributed by atoms with Crippen LogP contribution in [0.3, 0.4) is 0 Å². The van der Waals surface area contributed by atoms with Gasteiger partial charge in [0.25, 0.3) is 0 Å². The Morgan fingerprint density at radius 3 is 2.09 bits per heavy atom. The van der Waals surface area contributed by atoms with E-state index in [2.05, 4.69) is 66.4 Å². The summed E-state index contributed by atoms with van der Waals surface area (Å²) >= 11 is 0. The van der Waals surface area contributed by atoms with Crippen LogP contribution in [0.15, 0.2) is 60.7 Å². The first kappa shape index (κ1) is 29.3. The lowest BCUT2D eigenvalue weighted by atomic mass is 9.87. The first-order valence-corrected chi connectivity index (χ1v) is 15.6. The summed E-state index contributed by atoms with van der Waals surface area (Å²) in [5.74, 6) is 4.66. The molecule has 0 radical (unpaired) electrons. The van der Waals surface area contributed by atoms with Gasteiger partial charge in [0.1, 0.15) is 5.75 Å². The molecule has 234 valence electrons. The lowest BCUT2D eigenvalue weighted by molar-refractivity contribution is 0.220. The van der Waals surface area contributed by atoms with E-state index in [9.17, 15) is 0 Å². The zero-order chi connectivity index (χ0) is 31.2. The summed E-state index contributed by atoms with van der Waals surface area (Å²) in [5.41, 5.74) is 14.2. The molecule has 8 nitrogen and oxygen atoms in total. The van der Waals surface area contributed by atoms with Crippen molar-refractivity contribution in [3.63, 3.8) is 0 Å². The zero-order valence-corrected chi connectivity index (χ0v) is 26.7. The van der Waals surface area contributed by atoms with Crippen molar-refractivity contribution in [2.75, 3.05) is 54.2 Å². The smallest absolute Gasteiger partial charge is 0.204 e. The summed E-state index contributed by atoms with van der Waals surface area (Å²) in [4.78, 5) is 4.80. The molecule has 0 fully saturated rings. The van der Waals surface area contributed by atoms with Crippen molar-refractivity contribution in [2.24, 2.45) is 0 Å². The molecule has 45 heavy (non-hydrogen) atoms. The van der Waals surface area contributed by atoms with Gasteiger partial charge in [0.2, 0.25) is 5.75 Å². The molecule has 0 aliphatic carbocycles. The number of rotatable bonds is 3. The summed E-state index contributed by atoms with van der Waals surface area (Å²) in [6.45, 7) is 1.86. The SMILES string of the molecule is COc1cc2c3cc1Oc1c(OC)c(OC)cc4c1[C@@H](Cc1ccc(N)c(c1)Oc1ccc(cc1)C[C@@H]3N(C)CC2)N(C)CC4. The molecule has 8 heteroatoms. The van der Waals surface area contributed by atoms with Crippen molar-refractivity contribution >= 4 is 5.69 Å². The number of likely N-dealkylation sites (N-methyl/N-ethyl adjacent to an activating group) is 2. The predicted octanol–water partition coefficient (Wildman–Crippen LogP) is 6.74. The maximum Gasteiger partial charge on any atom is 0.204 e. The molecule has 4 aliphatic heterocycles. The van der Waals surface area contributed by atoms with E-state index in [4.69, 9.17) is 29.4 Å². The Kier molecular flexibility index (Phi) is 7.71. The van der Waals surface area contributed by atoms with Gasteiger partial charge in [0.05, 0.1) is 27.0 Å². The summed E-state index contributed by atoms with van der Waals surface area (Å²) in [6.07, 6.45) is 3.37. The average Bonchev–Trinajstić information content (AvgIpc) is 3.05. The number of nitrogen functional groups attached to an aromatic ring is 1. The summed E-state index contributed by atoms with van der Waals surface area (Å²) in [7, 11) is 9.40. The maximum absolute atomic E-state index is 7.01. The molecule has 6 bridgehead atoms. The van der Waals surface area contributed by atoms with Crippen LogP contribution in [-0.4, -0.2) is 58.3 Å². The molecule has 4 aromatic carbocycles.